The Morgan fingerprint density at radius 1 is 1.04 bits per heavy atom. The van der Waals surface area contributed by atoms with Crippen molar-refractivity contribution in [1.29, 1.82) is 0 Å². The topological polar surface area (TPSA) is 80.5 Å². The van der Waals surface area contributed by atoms with Gasteiger partial charge in [0.2, 0.25) is 0 Å². The summed E-state index contributed by atoms with van der Waals surface area (Å²) in [5.41, 5.74) is 0.241. The first-order chi connectivity index (χ1) is 10.9. The highest BCUT2D eigenvalue weighted by atomic mass is 16.6. The van der Waals surface area contributed by atoms with Crippen LogP contribution in [0.2, 0.25) is 0 Å². The van der Waals surface area contributed by atoms with Crippen LogP contribution in [0.15, 0.2) is 18.2 Å². The van der Waals surface area contributed by atoms with Crippen LogP contribution in [0.25, 0.3) is 0 Å². The van der Waals surface area contributed by atoms with E-state index in [0.29, 0.717) is 12.5 Å². The number of carbonyl (C=O) groups excluding carboxylic acids is 2. The Hall–Kier alpha value is -2.24. The van der Waals surface area contributed by atoms with Gasteiger partial charge in [-0.1, -0.05) is 39.5 Å². The van der Waals surface area contributed by atoms with Crippen LogP contribution in [0.1, 0.15) is 66.7 Å². The SMILES string of the molecule is CC(C)CCCCCCN1C(=O)c2ccc([N+](=O)[O-])cc2C1=O. The van der Waals surface area contributed by atoms with Crippen molar-refractivity contribution in [2.45, 2.75) is 46.0 Å². The molecule has 0 N–H and O–H groups in total. The summed E-state index contributed by atoms with van der Waals surface area (Å²) < 4.78 is 0. The Bertz CT molecular complexity index is 625. The van der Waals surface area contributed by atoms with Gasteiger partial charge < -0.3 is 0 Å². The van der Waals surface area contributed by atoms with Gasteiger partial charge >= 0.3 is 0 Å². The third-order valence-corrected chi connectivity index (χ3v) is 4.08. The van der Waals surface area contributed by atoms with Crippen molar-refractivity contribution in [2.24, 2.45) is 5.92 Å². The molecule has 0 aliphatic carbocycles. The highest BCUT2D eigenvalue weighted by Crippen LogP contribution is 2.27. The number of carbonyl (C=O) groups is 2. The number of hydrogen-bond acceptors (Lipinski definition) is 4. The summed E-state index contributed by atoms with van der Waals surface area (Å²) in [5, 5.41) is 10.8. The van der Waals surface area contributed by atoms with Crippen molar-refractivity contribution in [3.8, 4) is 0 Å². The number of amides is 2. The Morgan fingerprint density at radius 2 is 1.70 bits per heavy atom. The normalized spacial score (nSPS) is 13.8. The largest absolute Gasteiger partial charge is 0.274 e. The average Bonchev–Trinajstić information content (AvgIpc) is 2.74. The van der Waals surface area contributed by atoms with Crippen molar-refractivity contribution < 1.29 is 14.5 Å². The highest BCUT2D eigenvalue weighted by Gasteiger charge is 2.36. The number of rotatable bonds is 8. The molecule has 0 saturated carbocycles. The van der Waals surface area contributed by atoms with Gasteiger partial charge in [-0.05, 0) is 18.4 Å². The van der Waals surface area contributed by atoms with Crippen molar-refractivity contribution in [2.75, 3.05) is 6.54 Å². The van der Waals surface area contributed by atoms with E-state index in [0.717, 1.165) is 25.7 Å². The zero-order valence-corrected chi connectivity index (χ0v) is 13.6. The molecule has 0 saturated heterocycles. The molecule has 0 spiro atoms. The first-order valence-corrected chi connectivity index (χ1v) is 8.06. The zero-order valence-electron chi connectivity index (χ0n) is 13.6. The molecule has 1 aliphatic heterocycles. The van der Waals surface area contributed by atoms with E-state index in [1.807, 2.05) is 0 Å². The summed E-state index contributed by atoms with van der Waals surface area (Å²) in [6, 6.07) is 3.83. The van der Waals surface area contributed by atoms with E-state index in [1.54, 1.807) is 0 Å². The fourth-order valence-corrected chi connectivity index (χ4v) is 2.77. The van der Waals surface area contributed by atoms with Crippen LogP contribution in [0, 0.1) is 16.0 Å². The van der Waals surface area contributed by atoms with E-state index in [9.17, 15) is 19.7 Å². The van der Waals surface area contributed by atoms with Gasteiger partial charge in [-0.25, -0.2) is 0 Å². The Morgan fingerprint density at radius 3 is 2.35 bits per heavy atom. The molecule has 1 aliphatic rings. The van der Waals surface area contributed by atoms with Crippen LogP contribution in [-0.2, 0) is 0 Å². The summed E-state index contributed by atoms with van der Waals surface area (Å²) in [7, 11) is 0. The molecule has 2 rings (SSSR count). The van der Waals surface area contributed by atoms with E-state index >= 15 is 0 Å². The Balaban J connectivity index is 1.91. The fraction of sp³-hybridized carbons (Fsp3) is 0.529. The molecule has 6 nitrogen and oxygen atoms in total. The second-order valence-electron chi connectivity index (χ2n) is 6.35. The average molecular weight is 318 g/mol. The van der Waals surface area contributed by atoms with Crippen LogP contribution in [0.3, 0.4) is 0 Å². The molecule has 1 aromatic rings. The fourth-order valence-electron chi connectivity index (χ4n) is 2.77. The standard InChI is InChI=1S/C17H22N2O4/c1-12(2)7-5-3-4-6-10-18-16(20)14-9-8-13(19(22)23)11-15(14)17(18)21/h8-9,11-12H,3-7,10H2,1-2H3. The molecule has 0 fully saturated rings. The number of imide groups is 1. The van der Waals surface area contributed by atoms with Crippen LogP contribution in [0.5, 0.6) is 0 Å². The molecule has 0 aromatic heterocycles. The number of nitro benzene ring substituents is 1. The minimum Gasteiger partial charge on any atom is -0.274 e. The van der Waals surface area contributed by atoms with E-state index in [4.69, 9.17) is 0 Å². The number of fused-ring (bicyclic) bond motifs is 1. The summed E-state index contributed by atoms with van der Waals surface area (Å²) in [5.74, 6) is -0.0695. The molecule has 124 valence electrons. The van der Waals surface area contributed by atoms with Crippen LogP contribution < -0.4 is 0 Å². The number of benzene rings is 1. The van der Waals surface area contributed by atoms with Gasteiger partial charge in [-0.2, -0.15) is 0 Å². The summed E-state index contributed by atoms with van der Waals surface area (Å²) in [6.45, 7) is 4.76. The molecular formula is C17H22N2O4. The number of hydrogen-bond donors (Lipinski definition) is 0. The third kappa shape index (κ3) is 3.94. The van der Waals surface area contributed by atoms with E-state index < -0.39 is 10.8 Å². The lowest BCUT2D eigenvalue weighted by molar-refractivity contribution is -0.384. The number of unbranched alkanes of at least 4 members (excludes halogenated alkanes) is 3. The van der Waals surface area contributed by atoms with Crippen LogP contribution >= 0.6 is 0 Å². The number of nitro groups is 1. The van der Waals surface area contributed by atoms with Gasteiger partial charge in [0.1, 0.15) is 0 Å². The molecule has 23 heavy (non-hydrogen) atoms. The van der Waals surface area contributed by atoms with E-state index in [-0.39, 0.29) is 22.7 Å². The molecule has 0 radical (unpaired) electrons. The molecule has 0 unspecified atom stereocenters. The minimum absolute atomic E-state index is 0.143. The first-order valence-electron chi connectivity index (χ1n) is 8.06. The Labute approximate surface area is 135 Å². The van der Waals surface area contributed by atoms with Gasteiger partial charge in [-0.15, -0.1) is 0 Å². The molecule has 1 aromatic carbocycles. The lowest BCUT2D eigenvalue weighted by atomic mass is 10.0. The predicted molar refractivity (Wildman–Crippen MR) is 86.4 cm³/mol. The highest BCUT2D eigenvalue weighted by molar-refractivity contribution is 6.21. The summed E-state index contributed by atoms with van der Waals surface area (Å²) in [6.07, 6.45) is 5.18. The molecule has 0 atom stereocenters. The van der Waals surface area contributed by atoms with Gasteiger partial charge in [-0.3, -0.25) is 24.6 Å². The number of non-ortho nitro benzene ring substituents is 1. The van der Waals surface area contributed by atoms with Gasteiger partial charge in [0.25, 0.3) is 17.5 Å². The predicted octanol–water partition coefficient (Wildman–Crippen LogP) is 3.80. The van der Waals surface area contributed by atoms with E-state index in [1.165, 1.54) is 29.5 Å². The second-order valence-corrected chi connectivity index (χ2v) is 6.35. The van der Waals surface area contributed by atoms with Crippen LogP contribution in [-0.4, -0.2) is 28.2 Å². The maximum absolute atomic E-state index is 12.3. The van der Waals surface area contributed by atoms with Gasteiger partial charge in [0.15, 0.2) is 0 Å². The summed E-state index contributed by atoms with van der Waals surface area (Å²) >= 11 is 0. The Kier molecular flexibility index (Phi) is 5.47. The summed E-state index contributed by atoms with van der Waals surface area (Å²) in [4.78, 5) is 35.9. The molecule has 6 heteroatoms. The van der Waals surface area contributed by atoms with Gasteiger partial charge in [0, 0.05) is 18.7 Å². The molecule has 2 amide bonds. The quantitative estimate of drug-likeness (QED) is 0.316. The molecular weight excluding hydrogens is 296 g/mol. The van der Waals surface area contributed by atoms with Crippen molar-refractivity contribution >= 4 is 17.5 Å². The molecule has 1 heterocycles. The van der Waals surface area contributed by atoms with E-state index in [2.05, 4.69) is 13.8 Å². The van der Waals surface area contributed by atoms with Gasteiger partial charge in [0.05, 0.1) is 16.1 Å². The maximum atomic E-state index is 12.3. The maximum Gasteiger partial charge on any atom is 0.270 e. The lowest BCUT2D eigenvalue weighted by Crippen LogP contribution is -2.30. The van der Waals surface area contributed by atoms with Crippen molar-refractivity contribution in [3.63, 3.8) is 0 Å². The lowest BCUT2D eigenvalue weighted by Gasteiger charge is -2.13. The molecule has 0 bridgehead atoms. The second kappa shape index (κ2) is 7.35. The third-order valence-electron chi connectivity index (χ3n) is 4.08. The van der Waals surface area contributed by atoms with Crippen molar-refractivity contribution in [1.82, 2.24) is 4.90 Å². The zero-order chi connectivity index (χ0) is 17.0. The monoisotopic (exact) mass is 318 g/mol. The first kappa shape index (κ1) is 17.1. The number of nitrogens with zero attached hydrogens (tertiary/aromatic N) is 2. The minimum atomic E-state index is -0.560. The van der Waals surface area contributed by atoms with Crippen molar-refractivity contribution in [3.05, 3.63) is 39.4 Å². The van der Waals surface area contributed by atoms with Crippen LogP contribution in [0.4, 0.5) is 5.69 Å². The smallest absolute Gasteiger partial charge is 0.270 e.